The van der Waals surface area contributed by atoms with Gasteiger partial charge in [-0.2, -0.15) is 10.1 Å². The summed E-state index contributed by atoms with van der Waals surface area (Å²) < 4.78 is 0. The Bertz CT molecular complexity index is 670. The maximum Gasteiger partial charge on any atom is 0.247 e. The molecule has 0 aliphatic carbocycles. The lowest BCUT2D eigenvalue weighted by molar-refractivity contribution is 0.442. The second kappa shape index (κ2) is 6.94. The summed E-state index contributed by atoms with van der Waals surface area (Å²) in [7, 11) is 0. The van der Waals surface area contributed by atoms with Gasteiger partial charge in [0.1, 0.15) is 0 Å². The van der Waals surface area contributed by atoms with Gasteiger partial charge in [-0.15, -0.1) is 5.10 Å². The molecular weight excluding hydrogens is 286 g/mol. The Kier molecular flexibility index (Phi) is 4.74. The third-order valence-corrected chi connectivity index (χ3v) is 4.56. The lowest BCUT2D eigenvalue weighted by Gasteiger charge is -2.34. The van der Waals surface area contributed by atoms with Crippen molar-refractivity contribution in [1.29, 1.82) is 0 Å². The summed E-state index contributed by atoms with van der Waals surface area (Å²) in [5.74, 6) is 1.50. The molecule has 5 heteroatoms. The van der Waals surface area contributed by atoms with E-state index in [0.29, 0.717) is 6.04 Å². The van der Waals surface area contributed by atoms with Crippen molar-refractivity contribution in [3.63, 3.8) is 0 Å². The maximum absolute atomic E-state index is 4.70. The lowest BCUT2D eigenvalue weighted by atomic mass is 10.0. The van der Waals surface area contributed by atoms with Crippen LogP contribution in [0, 0.1) is 13.8 Å². The van der Waals surface area contributed by atoms with E-state index in [2.05, 4.69) is 59.4 Å². The van der Waals surface area contributed by atoms with Gasteiger partial charge in [-0.05, 0) is 56.7 Å². The molecule has 2 heterocycles. The van der Waals surface area contributed by atoms with Crippen LogP contribution in [0.2, 0.25) is 0 Å². The molecule has 1 atom stereocenters. The fourth-order valence-electron chi connectivity index (χ4n) is 3.17. The fourth-order valence-corrected chi connectivity index (χ4v) is 3.17. The summed E-state index contributed by atoms with van der Waals surface area (Å²) in [6.45, 7) is 7.44. The van der Waals surface area contributed by atoms with Gasteiger partial charge in [0.15, 0.2) is 5.82 Å². The first-order valence-electron chi connectivity index (χ1n) is 8.48. The molecule has 1 fully saturated rings. The molecule has 1 aliphatic heterocycles. The summed E-state index contributed by atoms with van der Waals surface area (Å²) in [6.07, 6.45) is 6.53. The van der Waals surface area contributed by atoms with Gasteiger partial charge in [0, 0.05) is 18.3 Å². The predicted molar refractivity (Wildman–Crippen MR) is 94.3 cm³/mol. The number of hydrogen-bond acceptors (Lipinski definition) is 5. The number of aromatic nitrogens is 3. The van der Waals surface area contributed by atoms with Crippen molar-refractivity contribution in [3.8, 4) is 0 Å². The Morgan fingerprint density at radius 3 is 2.96 bits per heavy atom. The molecular formula is C18H25N5. The third-order valence-electron chi connectivity index (χ3n) is 4.56. The van der Waals surface area contributed by atoms with Gasteiger partial charge in [0.05, 0.1) is 6.20 Å². The Morgan fingerprint density at radius 2 is 2.13 bits per heavy atom. The van der Waals surface area contributed by atoms with E-state index in [-0.39, 0.29) is 0 Å². The van der Waals surface area contributed by atoms with E-state index in [4.69, 9.17) is 4.98 Å². The minimum absolute atomic E-state index is 0.529. The summed E-state index contributed by atoms with van der Waals surface area (Å²) in [4.78, 5) is 7.01. The fraction of sp³-hybridized carbons (Fsp3) is 0.500. The molecule has 5 nitrogen and oxygen atoms in total. The number of hydrogen-bond donors (Lipinski definition) is 1. The van der Waals surface area contributed by atoms with Crippen LogP contribution in [-0.4, -0.2) is 27.8 Å². The highest BCUT2D eigenvalue weighted by Crippen LogP contribution is 2.25. The SMILES string of the molecule is CCC1CCCCN1c1nncc(Nc2cc(C)ccc2C)n1. The smallest absolute Gasteiger partial charge is 0.247 e. The van der Waals surface area contributed by atoms with Crippen LogP contribution in [0.15, 0.2) is 24.4 Å². The zero-order chi connectivity index (χ0) is 16.2. The lowest BCUT2D eigenvalue weighted by Crippen LogP contribution is -2.40. The van der Waals surface area contributed by atoms with Gasteiger partial charge < -0.3 is 10.2 Å². The first-order valence-corrected chi connectivity index (χ1v) is 8.48. The van der Waals surface area contributed by atoms with E-state index in [9.17, 15) is 0 Å². The third kappa shape index (κ3) is 3.60. The molecule has 0 amide bonds. The molecule has 0 saturated carbocycles. The van der Waals surface area contributed by atoms with Crippen molar-refractivity contribution < 1.29 is 0 Å². The van der Waals surface area contributed by atoms with Crippen LogP contribution in [0.3, 0.4) is 0 Å². The molecule has 1 saturated heterocycles. The van der Waals surface area contributed by atoms with E-state index in [1.54, 1.807) is 6.20 Å². The monoisotopic (exact) mass is 311 g/mol. The molecule has 122 valence electrons. The zero-order valence-corrected chi connectivity index (χ0v) is 14.2. The van der Waals surface area contributed by atoms with Crippen molar-refractivity contribution in [3.05, 3.63) is 35.5 Å². The highest BCUT2D eigenvalue weighted by atomic mass is 15.3. The Hall–Kier alpha value is -2.17. The molecule has 2 aromatic rings. The quantitative estimate of drug-likeness (QED) is 0.925. The van der Waals surface area contributed by atoms with Crippen LogP contribution in [0.5, 0.6) is 0 Å². The van der Waals surface area contributed by atoms with E-state index in [1.165, 1.54) is 30.4 Å². The summed E-state index contributed by atoms with van der Waals surface area (Å²) >= 11 is 0. The number of piperidine rings is 1. The van der Waals surface area contributed by atoms with Crippen LogP contribution >= 0.6 is 0 Å². The summed E-state index contributed by atoms with van der Waals surface area (Å²) in [5, 5.41) is 11.8. The number of rotatable bonds is 4. The molecule has 1 aromatic heterocycles. The van der Waals surface area contributed by atoms with E-state index >= 15 is 0 Å². The van der Waals surface area contributed by atoms with Crippen molar-refractivity contribution >= 4 is 17.5 Å². The number of nitrogens with one attached hydrogen (secondary N) is 1. The highest BCUT2D eigenvalue weighted by Gasteiger charge is 2.23. The minimum atomic E-state index is 0.529. The number of benzene rings is 1. The molecule has 23 heavy (non-hydrogen) atoms. The average molecular weight is 311 g/mol. The molecule has 0 spiro atoms. The van der Waals surface area contributed by atoms with Crippen molar-refractivity contribution in [1.82, 2.24) is 15.2 Å². The molecule has 1 aromatic carbocycles. The second-order valence-corrected chi connectivity index (χ2v) is 6.34. The van der Waals surface area contributed by atoms with E-state index in [1.807, 2.05) is 0 Å². The average Bonchev–Trinajstić information content (AvgIpc) is 2.58. The standard InChI is InChI=1S/C18H25N5/c1-4-15-7-5-6-10-23(15)18-21-17(12-19-22-18)20-16-11-13(2)8-9-14(16)3/h8-9,11-12,15H,4-7,10H2,1-3H3,(H,20,21,22). The molecule has 0 radical (unpaired) electrons. The number of anilines is 3. The first kappa shape index (κ1) is 15.7. The Morgan fingerprint density at radius 1 is 1.26 bits per heavy atom. The van der Waals surface area contributed by atoms with Crippen LogP contribution in [-0.2, 0) is 0 Å². The molecule has 3 rings (SSSR count). The van der Waals surface area contributed by atoms with Crippen LogP contribution in [0.4, 0.5) is 17.5 Å². The highest BCUT2D eigenvalue weighted by molar-refractivity contribution is 5.61. The summed E-state index contributed by atoms with van der Waals surface area (Å²) in [6, 6.07) is 6.89. The largest absolute Gasteiger partial charge is 0.339 e. The van der Waals surface area contributed by atoms with Gasteiger partial charge in [-0.25, -0.2) is 0 Å². The molecule has 0 bridgehead atoms. The van der Waals surface area contributed by atoms with Crippen molar-refractivity contribution in [2.75, 3.05) is 16.8 Å². The maximum atomic E-state index is 4.70. The Labute approximate surface area is 138 Å². The van der Waals surface area contributed by atoms with Gasteiger partial charge in [-0.3, -0.25) is 0 Å². The topological polar surface area (TPSA) is 53.9 Å². The van der Waals surface area contributed by atoms with Crippen LogP contribution in [0.25, 0.3) is 0 Å². The van der Waals surface area contributed by atoms with Crippen molar-refractivity contribution in [2.45, 2.75) is 52.5 Å². The normalized spacial score (nSPS) is 18.0. The second-order valence-electron chi connectivity index (χ2n) is 6.34. The molecule has 1 N–H and O–H groups in total. The number of nitrogens with zero attached hydrogens (tertiary/aromatic N) is 4. The van der Waals surface area contributed by atoms with Crippen LogP contribution in [0.1, 0.15) is 43.7 Å². The zero-order valence-electron chi connectivity index (χ0n) is 14.2. The van der Waals surface area contributed by atoms with Gasteiger partial charge in [-0.1, -0.05) is 19.1 Å². The molecule has 1 aliphatic rings. The number of aryl methyl sites for hydroxylation is 2. The minimum Gasteiger partial charge on any atom is -0.339 e. The van der Waals surface area contributed by atoms with Gasteiger partial charge in [0.25, 0.3) is 0 Å². The van der Waals surface area contributed by atoms with Crippen LogP contribution < -0.4 is 10.2 Å². The van der Waals surface area contributed by atoms with E-state index in [0.717, 1.165) is 30.4 Å². The summed E-state index contributed by atoms with van der Waals surface area (Å²) in [5.41, 5.74) is 3.49. The first-order chi connectivity index (χ1) is 11.2. The van der Waals surface area contributed by atoms with Gasteiger partial charge >= 0.3 is 0 Å². The predicted octanol–water partition coefficient (Wildman–Crippen LogP) is 4.00. The van der Waals surface area contributed by atoms with E-state index < -0.39 is 0 Å². The Balaban J connectivity index is 1.83. The van der Waals surface area contributed by atoms with Crippen molar-refractivity contribution in [2.24, 2.45) is 0 Å². The van der Waals surface area contributed by atoms with Gasteiger partial charge in [0.2, 0.25) is 5.95 Å². The molecule has 1 unspecified atom stereocenters.